The number of rotatable bonds is 4. The van der Waals surface area contributed by atoms with Gasteiger partial charge in [-0.15, -0.1) is 0 Å². The summed E-state index contributed by atoms with van der Waals surface area (Å²) in [7, 11) is 0. The van der Waals surface area contributed by atoms with Crippen LogP contribution in [0.5, 0.6) is 0 Å². The molecule has 2 N–H and O–H groups in total. The zero-order valence-corrected chi connectivity index (χ0v) is 14.3. The van der Waals surface area contributed by atoms with Crippen LogP contribution in [0.1, 0.15) is 20.9 Å². The van der Waals surface area contributed by atoms with E-state index in [-0.39, 0.29) is 17.6 Å². The summed E-state index contributed by atoms with van der Waals surface area (Å²) in [6, 6.07) is 14.6. The van der Waals surface area contributed by atoms with Crippen LogP contribution in [0.15, 0.2) is 65.3 Å². The Morgan fingerprint density at radius 3 is 2.16 bits per heavy atom. The van der Waals surface area contributed by atoms with Gasteiger partial charge < -0.3 is 15.1 Å². The first-order chi connectivity index (χ1) is 12.0. The Morgan fingerprint density at radius 2 is 1.52 bits per heavy atom. The number of hydrogen-bond donors (Lipinski definition) is 2. The van der Waals surface area contributed by atoms with E-state index >= 15 is 0 Å². The van der Waals surface area contributed by atoms with Crippen LogP contribution in [0.4, 0.5) is 11.4 Å². The van der Waals surface area contributed by atoms with Gasteiger partial charge in [-0.25, -0.2) is 0 Å². The monoisotopic (exact) mass is 374 g/mol. The number of halogens is 2. The summed E-state index contributed by atoms with van der Waals surface area (Å²) < 4.78 is 5.04. The van der Waals surface area contributed by atoms with Crippen molar-refractivity contribution in [1.29, 1.82) is 0 Å². The molecule has 0 saturated carbocycles. The molecular formula is C18H12Cl2N2O3. The summed E-state index contributed by atoms with van der Waals surface area (Å²) in [6.45, 7) is 0. The summed E-state index contributed by atoms with van der Waals surface area (Å²) in [5.41, 5.74) is 1.42. The summed E-state index contributed by atoms with van der Waals surface area (Å²) in [4.78, 5) is 24.3. The van der Waals surface area contributed by atoms with E-state index in [1.165, 1.54) is 12.3 Å². The maximum atomic E-state index is 12.3. The number of carbonyl (C=O) groups excluding carboxylic acids is 2. The highest BCUT2D eigenvalue weighted by Gasteiger charge is 2.11. The fourth-order valence-electron chi connectivity index (χ4n) is 2.12. The van der Waals surface area contributed by atoms with Gasteiger partial charge in [-0.05, 0) is 48.5 Å². The highest BCUT2D eigenvalue weighted by atomic mass is 35.5. The molecule has 0 saturated heterocycles. The standard InChI is InChI=1S/C18H12Cl2N2O3/c19-14-7-6-11(9-15(14)20)17(23)21-12-3-1-4-13(10-12)22-18(24)16-5-2-8-25-16/h1-10H,(H,21,23)(H,22,24). The average Bonchev–Trinajstić information content (AvgIpc) is 3.12. The molecule has 3 rings (SSSR count). The first kappa shape index (κ1) is 17.1. The molecule has 0 aliphatic heterocycles. The Morgan fingerprint density at radius 1 is 0.800 bits per heavy atom. The van der Waals surface area contributed by atoms with Crippen LogP contribution >= 0.6 is 23.2 Å². The van der Waals surface area contributed by atoms with E-state index in [9.17, 15) is 9.59 Å². The van der Waals surface area contributed by atoms with Crippen LogP contribution < -0.4 is 10.6 Å². The van der Waals surface area contributed by atoms with Gasteiger partial charge in [0.2, 0.25) is 0 Å². The molecule has 5 nitrogen and oxygen atoms in total. The van der Waals surface area contributed by atoms with E-state index in [2.05, 4.69) is 10.6 Å². The fourth-order valence-corrected chi connectivity index (χ4v) is 2.41. The third-order valence-corrected chi connectivity index (χ3v) is 4.04. The Kier molecular flexibility index (Phi) is 5.07. The number of amides is 2. The van der Waals surface area contributed by atoms with Gasteiger partial charge in [0.1, 0.15) is 0 Å². The van der Waals surface area contributed by atoms with Crippen molar-refractivity contribution in [2.75, 3.05) is 10.6 Å². The molecule has 0 aliphatic carbocycles. The second-order valence-electron chi connectivity index (χ2n) is 5.10. The zero-order valence-electron chi connectivity index (χ0n) is 12.8. The van der Waals surface area contributed by atoms with Gasteiger partial charge in [0.15, 0.2) is 5.76 Å². The molecule has 3 aromatic rings. The molecule has 0 aliphatic rings. The number of anilines is 2. The highest BCUT2D eigenvalue weighted by Crippen LogP contribution is 2.23. The third kappa shape index (κ3) is 4.21. The summed E-state index contributed by atoms with van der Waals surface area (Å²) in [5.74, 6) is -0.517. The summed E-state index contributed by atoms with van der Waals surface area (Å²) >= 11 is 11.8. The molecule has 25 heavy (non-hydrogen) atoms. The van der Waals surface area contributed by atoms with Crippen molar-refractivity contribution in [2.45, 2.75) is 0 Å². The maximum absolute atomic E-state index is 12.3. The van der Waals surface area contributed by atoms with E-state index in [1.807, 2.05) is 0 Å². The molecular weight excluding hydrogens is 363 g/mol. The van der Waals surface area contributed by atoms with Gasteiger partial charge in [-0.1, -0.05) is 29.3 Å². The molecule has 2 aromatic carbocycles. The molecule has 7 heteroatoms. The van der Waals surface area contributed by atoms with E-state index in [0.29, 0.717) is 27.0 Å². The molecule has 0 bridgehead atoms. The van der Waals surface area contributed by atoms with Crippen LogP contribution in [0.3, 0.4) is 0 Å². The van der Waals surface area contributed by atoms with Crippen molar-refractivity contribution in [2.24, 2.45) is 0 Å². The Balaban J connectivity index is 1.72. The molecule has 2 amide bonds. The van der Waals surface area contributed by atoms with Crippen LogP contribution in [0, 0.1) is 0 Å². The Hall–Kier alpha value is -2.76. The molecule has 0 spiro atoms. The SMILES string of the molecule is O=C(Nc1cccc(NC(=O)c2ccco2)c1)c1ccc(Cl)c(Cl)c1. The summed E-state index contributed by atoms with van der Waals surface area (Å²) in [5, 5.41) is 6.11. The van der Waals surface area contributed by atoms with Crippen molar-refractivity contribution in [1.82, 2.24) is 0 Å². The summed E-state index contributed by atoms with van der Waals surface area (Å²) in [6.07, 6.45) is 1.42. The van der Waals surface area contributed by atoms with E-state index in [0.717, 1.165) is 0 Å². The number of furan rings is 1. The van der Waals surface area contributed by atoms with Crippen molar-refractivity contribution in [3.05, 3.63) is 82.2 Å². The molecule has 0 atom stereocenters. The van der Waals surface area contributed by atoms with Crippen molar-refractivity contribution >= 4 is 46.4 Å². The fraction of sp³-hybridized carbons (Fsp3) is 0. The number of benzene rings is 2. The lowest BCUT2D eigenvalue weighted by atomic mass is 10.2. The smallest absolute Gasteiger partial charge is 0.291 e. The first-order valence-corrected chi connectivity index (χ1v) is 8.00. The second-order valence-corrected chi connectivity index (χ2v) is 5.91. The van der Waals surface area contributed by atoms with Gasteiger partial charge in [0.05, 0.1) is 16.3 Å². The quantitative estimate of drug-likeness (QED) is 0.667. The van der Waals surface area contributed by atoms with Crippen LogP contribution in [0.25, 0.3) is 0 Å². The lowest BCUT2D eigenvalue weighted by Crippen LogP contribution is -2.13. The number of hydrogen-bond acceptors (Lipinski definition) is 3. The normalized spacial score (nSPS) is 10.3. The van der Waals surface area contributed by atoms with Crippen LogP contribution in [0.2, 0.25) is 10.0 Å². The van der Waals surface area contributed by atoms with Gasteiger partial charge >= 0.3 is 0 Å². The third-order valence-electron chi connectivity index (χ3n) is 3.31. The predicted octanol–water partition coefficient (Wildman–Crippen LogP) is 5.09. The molecule has 126 valence electrons. The Labute approximate surface area is 153 Å². The largest absolute Gasteiger partial charge is 0.459 e. The van der Waals surface area contributed by atoms with E-state index in [1.54, 1.807) is 48.5 Å². The zero-order chi connectivity index (χ0) is 17.8. The topological polar surface area (TPSA) is 71.3 Å². The highest BCUT2D eigenvalue weighted by molar-refractivity contribution is 6.42. The minimum atomic E-state index is -0.377. The average molecular weight is 375 g/mol. The lowest BCUT2D eigenvalue weighted by Gasteiger charge is -2.09. The van der Waals surface area contributed by atoms with Crippen LogP contribution in [-0.2, 0) is 0 Å². The Bertz CT molecular complexity index is 924. The van der Waals surface area contributed by atoms with Gasteiger partial charge in [0, 0.05) is 16.9 Å². The van der Waals surface area contributed by atoms with Crippen LogP contribution in [-0.4, -0.2) is 11.8 Å². The van der Waals surface area contributed by atoms with Gasteiger partial charge in [-0.3, -0.25) is 9.59 Å². The lowest BCUT2D eigenvalue weighted by molar-refractivity contribution is 0.0995. The predicted molar refractivity (Wildman–Crippen MR) is 97.5 cm³/mol. The molecule has 1 aromatic heterocycles. The van der Waals surface area contributed by atoms with Gasteiger partial charge in [-0.2, -0.15) is 0 Å². The second kappa shape index (κ2) is 7.42. The maximum Gasteiger partial charge on any atom is 0.291 e. The molecule has 0 fully saturated rings. The number of nitrogens with one attached hydrogen (secondary N) is 2. The van der Waals surface area contributed by atoms with Crippen molar-refractivity contribution in [3.63, 3.8) is 0 Å². The van der Waals surface area contributed by atoms with Gasteiger partial charge in [0.25, 0.3) is 11.8 Å². The number of carbonyl (C=O) groups is 2. The first-order valence-electron chi connectivity index (χ1n) is 7.24. The van der Waals surface area contributed by atoms with Crippen molar-refractivity contribution in [3.8, 4) is 0 Å². The minimum Gasteiger partial charge on any atom is -0.459 e. The molecule has 0 radical (unpaired) electrons. The molecule has 0 unspecified atom stereocenters. The van der Waals surface area contributed by atoms with E-state index in [4.69, 9.17) is 27.6 Å². The van der Waals surface area contributed by atoms with Crippen molar-refractivity contribution < 1.29 is 14.0 Å². The van der Waals surface area contributed by atoms with E-state index < -0.39 is 0 Å². The minimum absolute atomic E-state index is 0.199. The molecule has 1 heterocycles.